The number of carbonyl (C=O) groups excluding carboxylic acids is 3. The number of hydrogen-bond donors (Lipinski definition) is 0. The quantitative estimate of drug-likeness (QED) is 0.497. The Morgan fingerprint density at radius 1 is 0.897 bits per heavy atom. The third-order valence-electron chi connectivity index (χ3n) is 4.90. The highest BCUT2D eigenvalue weighted by Gasteiger charge is 2.21. The fraction of sp³-hybridized carbons (Fsp3) is 0.300. The van der Waals surface area contributed by atoms with Crippen LogP contribution in [0.5, 0.6) is 0 Å². The number of furan rings is 1. The number of rotatable bonds is 6. The van der Waals surface area contributed by atoms with Crippen LogP contribution in [0.3, 0.4) is 0 Å². The summed E-state index contributed by atoms with van der Waals surface area (Å²) < 4.78 is 11.0. The predicted molar refractivity (Wildman–Crippen MR) is 96.8 cm³/mol. The lowest BCUT2D eigenvalue weighted by molar-refractivity contribution is -0.309. The third kappa shape index (κ3) is 3.84. The van der Waals surface area contributed by atoms with E-state index in [-0.39, 0.29) is 11.1 Å². The number of aryl methyl sites for hydroxylation is 3. The van der Waals surface area contributed by atoms with Crippen LogP contribution in [-0.4, -0.2) is 35.8 Å². The van der Waals surface area contributed by atoms with Crippen LogP contribution in [0.25, 0.3) is 21.9 Å². The molecule has 0 aliphatic carbocycles. The van der Waals surface area contributed by atoms with Crippen molar-refractivity contribution in [2.75, 3.05) is 13.1 Å². The van der Waals surface area contributed by atoms with Crippen molar-refractivity contribution in [3.05, 3.63) is 45.0 Å². The molecule has 0 atom stereocenters. The van der Waals surface area contributed by atoms with Crippen molar-refractivity contribution in [3.8, 4) is 0 Å². The second kappa shape index (κ2) is 7.42. The Hall–Kier alpha value is -3.62. The molecule has 0 saturated carbocycles. The summed E-state index contributed by atoms with van der Waals surface area (Å²) in [5.41, 5.74) is 1.50. The normalized spacial score (nSPS) is 11.1. The molecule has 9 heteroatoms. The molecule has 0 aliphatic heterocycles. The number of carbonyl (C=O) groups is 3. The predicted octanol–water partition coefficient (Wildman–Crippen LogP) is -0.665. The lowest BCUT2D eigenvalue weighted by atomic mass is 10.0. The van der Waals surface area contributed by atoms with Gasteiger partial charge in [0, 0.05) is 16.8 Å². The number of fused-ring (bicyclic) bond motifs is 2. The first kappa shape index (κ1) is 20.1. The van der Waals surface area contributed by atoms with Gasteiger partial charge < -0.3 is 33.5 Å². The summed E-state index contributed by atoms with van der Waals surface area (Å²) in [4.78, 5) is 47.0. The van der Waals surface area contributed by atoms with Gasteiger partial charge in [-0.2, -0.15) is 0 Å². The number of aliphatic carboxylic acids is 2. The van der Waals surface area contributed by atoms with Gasteiger partial charge in [-0.15, -0.1) is 0 Å². The van der Waals surface area contributed by atoms with Gasteiger partial charge in [0.1, 0.15) is 16.9 Å². The number of nitrogens with zero attached hydrogens (tertiary/aromatic N) is 1. The second-order valence-corrected chi connectivity index (χ2v) is 6.79. The van der Waals surface area contributed by atoms with E-state index in [0.29, 0.717) is 21.4 Å². The summed E-state index contributed by atoms with van der Waals surface area (Å²) in [6.07, 6.45) is -0.522. The van der Waals surface area contributed by atoms with E-state index in [9.17, 15) is 29.4 Å². The standard InChI is InChI=1S/C20H19NO8/c1-9-11(3)28-15-6-16-13(4-12(9)15)10(2)14(20(27)29-16)5-17(22)21(7-18(23)24)8-19(25)26/h4,6H,5,7-8H2,1-3H3,(H,23,24)(H,25,26)/p-2. The average Bonchev–Trinajstić information content (AvgIpc) is 2.89. The summed E-state index contributed by atoms with van der Waals surface area (Å²) in [6.45, 7) is 3.48. The van der Waals surface area contributed by atoms with Crippen molar-refractivity contribution in [1.82, 2.24) is 4.90 Å². The van der Waals surface area contributed by atoms with Gasteiger partial charge in [-0.25, -0.2) is 4.79 Å². The van der Waals surface area contributed by atoms with E-state index in [1.54, 1.807) is 19.1 Å². The molecule has 0 unspecified atom stereocenters. The molecule has 0 fully saturated rings. The third-order valence-corrected chi connectivity index (χ3v) is 4.90. The molecule has 2 heterocycles. The van der Waals surface area contributed by atoms with Crippen molar-refractivity contribution in [2.45, 2.75) is 27.2 Å². The molecule has 9 nitrogen and oxygen atoms in total. The van der Waals surface area contributed by atoms with Crippen LogP contribution in [-0.2, 0) is 20.8 Å². The van der Waals surface area contributed by atoms with Crippen molar-refractivity contribution >= 4 is 39.8 Å². The Balaban J connectivity index is 2.06. The largest absolute Gasteiger partial charge is 0.548 e. The maximum Gasteiger partial charge on any atom is 0.340 e. The van der Waals surface area contributed by atoms with E-state index >= 15 is 0 Å². The van der Waals surface area contributed by atoms with Crippen molar-refractivity contribution in [2.24, 2.45) is 0 Å². The lowest BCUT2D eigenvalue weighted by Crippen LogP contribution is -2.47. The van der Waals surface area contributed by atoms with E-state index in [1.807, 2.05) is 13.8 Å². The SMILES string of the molecule is Cc1oc2cc3oc(=O)c(CC(=O)N(CC(=O)[O-])CC(=O)[O-])c(C)c3cc2c1C. The van der Waals surface area contributed by atoms with Crippen LogP contribution in [0.4, 0.5) is 0 Å². The van der Waals surface area contributed by atoms with Crippen LogP contribution in [0, 0.1) is 20.8 Å². The number of hydrogen-bond acceptors (Lipinski definition) is 8. The summed E-state index contributed by atoms with van der Waals surface area (Å²) in [6, 6.07) is 3.39. The van der Waals surface area contributed by atoms with Crippen molar-refractivity contribution in [3.63, 3.8) is 0 Å². The summed E-state index contributed by atoms with van der Waals surface area (Å²) in [5, 5.41) is 23.0. The van der Waals surface area contributed by atoms with Gasteiger partial charge in [-0.05, 0) is 38.0 Å². The monoisotopic (exact) mass is 399 g/mol. The van der Waals surface area contributed by atoms with Crippen molar-refractivity contribution < 1.29 is 33.4 Å². The molecule has 152 valence electrons. The second-order valence-electron chi connectivity index (χ2n) is 6.79. The minimum atomic E-state index is -1.63. The average molecular weight is 399 g/mol. The Bertz CT molecular complexity index is 1200. The molecule has 2 aromatic heterocycles. The number of carboxylic acid groups (broad SMARTS) is 2. The lowest BCUT2D eigenvalue weighted by Gasteiger charge is -2.23. The number of benzene rings is 1. The van der Waals surface area contributed by atoms with E-state index < -0.39 is 43.0 Å². The first-order chi connectivity index (χ1) is 13.6. The molecule has 3 rings (SSSR count). The molecule has 0 bridgehead atoms. The van der Waals surface area contributed by atoms with E-state index in [4.69, 9.17) is 8.83 Å². The van der Waals surface area contributed by atoms with Gasteiger partial charge in [-0.1, -0.05) is 0 Å². The minimum absolute atomic E-state index is 0.0152. The van der Waals surface area contributed by atoms with Gasteiger partial charge >= 0.3 is 5.63 Å². The zero-order chi connectivity index (χ0) is 21.5. The molecular weight excluding hydrogens is 382 g/mol. The molecule has 0 saturated heterocycles. The molecule has 29 heavy (non-hydrogen) atoms. The first-order valence-electron chi connectivity index (χ1n) is 8.72. The Morgan fingerprint density at radius 3 is 2.03 bits per heavy atom. The first-order valence-corrected chi connectivity index (χ1v) is 8.72. The van der Waals surface area contributed by atoms with Crippen LogP contribution >= 0.6 is 0 Å². The number of carboxylic acids is 2. The fourth-order valence-corrected chi connectivity index (χ4v) is 3.24. The van der Waals surface area contributed by atoms with Gasteiger partial charge in [-0.3, -0.25) is 4.79 Å². The van der Waals surface area contributed by atoms with Crippen molar-refractivity contribution in [1.29, 1.82) is 0 Å². The highest BCUT2D eigenvalue weighted by molar-refractivity contribution is 5.97. The summed E-state index contributed by atoms with van der Waals surface area (Å²) in [7, 11) is 0. The highest BCUT2D eigenvalue weighted by Crippen LogP contribution is 2.31. The van der Waals surface area contributed by atoms with E-state index in [1.165, 1.54) is 0 Å². The van der Waals surface area contributed by atoms with Crippen LogP contribution in [0.1, 0.15) is 22.5 Å². The van der Waals surface area contributed by atoms with E-state index in [0.717, 1.165) is 16.7 Å². The summed E-state index contributed by atoms with van der Waals surface area (Å²) >= 11 is 0. The molecule has 1 aromatic carbocycles. The smallest absolute Gasteiger partial charge is 0.340 e. The maximum absolute atomic E-state index is 12.4. The topological polar surface area (TPSA) is 144 Å². The van der Waals surface area contributed by atoms with Crippen LogP contribution in [0.2, 0.25) is 0 Å². The Kier molecular flexibility index (Phi) is 5.15. The zero-order valence-electron chi connectivity index (χ0n) is 16.0. The zero-order valence-corrected chi connectivity index (χ0v) is 16.0. The van der Waals surface area contributed by atoms with E-state index in [2.05, 4.69) is 0 Å². The molecule has 3 aromatic rings. The molecule has 0 spiro atoms. The molecule has 0 N–H and O–H groups in total. The van der Waals surface area contributed by atoms with Crippen LogP contribution < -0.4 is 15.8 Å². The van der Waals surface area contributed by atoms with Gasteiger partial charge in [0.25, 0.3) is 0 Å². The number of amides is 1. The Labute approximate surface area is 164 Å². The fourth-order valence-electron chi connectivity index (χ4n) is 3.24. The van der Waals surface area contributed by atoms with Gasteiger partial charge in [0.2, 0.25) is 5.91 Å². The minimum Gasteiger partial charge on any atom is -0.548 e. The molecule has 0 aliphatic rings. The van der Waals surface area contributed by atoms with Gasteiger partial charge in [0.05, 0.1) is 37.0 Å². The highest BCUT2D eigenvalue weighted by atomic mass is 16.4. The molecular formula is C20H17NO8-2. The summed E-state index contributed by atoms with van der Waals surface area (Å²) in [5.74, 6) is -3.40. The Morgan fingerprint density at radius 2 is 1.45 bits per heavy atom. The van der Waals surface area contributed by atoms with Gasteiger partial charge in [0.15, 0.2) is 0 Å². The molecule has 0 radical (unpaired) electrons. The maximum atomic E-state index is 12.4. The van der Waals surface area contributed by atoms with Crippen LogP contribution in [0.15, 0.2) is 25.8 Å². The molecule has 1 amide bonds.